The molecular formula is C9H12N4O. The average Bonchev–Trinajstić information content (AvgIpc) is 2.15. The number of hydrogen-bond acceptors (Lipinski definition) is 3. The van der Waals surface area contributed by atoms with Crippen molar-refractivity contribution in [1.82, 2.24) is 5.43 Å². The lowest BCUT2D eigenvalue weighted by Crippen LogP contribution is -2.34. The Morgan fingerprint density at radius 3 is 2.36 bits per heavy atom. The van der Waals surface area contributed by atoms with Crippen LogP contribution in [-0.4, -0.2) is 11.7 Å². The number of anilines is 1. The SMILES string of the molecule is CC(=O)c1ccc(NNC(=N)N)cc1. The molecule has 1 aromatic rings. The van der Waals surface area contributed by atoms with Gasteiger partial charge in [-0.15, -0.1) is 0 Å². The second kappa shape index (κ2) is 4.27. The molecule has 0 aliphatic rings. The molecule has 14 heavy (non-hydrogen) atoms. The van der Waals surface area contributed by atoms with Crippen LogP contribution < -0.4 is 16.6 Å². The number of nitrogens with two attached hydrogens (primary N) is 1. The molecule has 0 spiro atoms. The van der Waals surface area contributed by atoms with E-state index in [1.54, 1.807) is 24.3 Å². The van der Waals surface area contributed by atoms with Gasteiger partial charge >= 0.3 is 0 Å². The first kappa shape index (κ1) is 10.0. The summed E-state index contributed by atoms with van der Waals surface area (Å²) < 4.78 is 0. The predicted octanol–water partition coefficient (Wildman–Crippen LogP) is 0.699. The highest BCUT2D eigenvalue weighted by atomic mass is 16.1. The summed E-state index contributed by atoms with van der Waals surface area (Å²) in [6, 6.07) is 6.86. The summed E-state index contributed by atoms with van der Waals surface area (Å²) in [5.41, 5.74) is 11.6. The van der Waals surface area contributed by atoms with E-state index in [4.69, 9.17) is 11.1 Å². The summed E-state index contributed by atoms with van der Waals surface area (Å²) in [5, 5.41) is 6.90. The van der Waals surface area contributed by atoms with Crippen molar-refractivity contribution in [2.45, 2.75) is 6.92 Å². The number of ketones is 1. The first-order valence-electron chi connectivity index (χ1n) is 4.06. The molecule has 0 radical (unpaired) electrons. The zero-order valence-electron chi connectivity index (χ0n) is 7.79. The minimum absolute atomic E-state index is 0.0241. The molecule has 0 saturated heterocycles. The Hall–Kier alpha value is -2.04. The van der Waals surface area contributed by atoms with Crippen molar-refractivity contribution >= 4 is 17.4 Å². The molecule has 0 amide bonds. The van der Waals surface area contributed by atoms with E-state index in [1.165, 1.54) is 6.92 Å². The minimum Gasteiger partial charge on any atom is -0.369 e. The molecule has 0 bridgehead atoms. The number of carbonyl (C=O) groups excluding carboxylic acids is 1. The second-order valence-electron chi connectivity index (χ2n) is 2.80. The van der Waals surface area contributed by atoms with E-state index in [2.05, 4.69) is 10.9 Å². The topological polar surface area (TPSA) is 91.0 Å². The van der Waals surface area contributed by atoms with E-state index < -0.39 is 0 Å². The Morgan fingerprint density at radius 2 is 1.93 bits per heavy atom. The van der Waals surface area contributed by atoms with Crippen molar-refractivity contribution in [2.24, 2.45) is 5.73 Å². The normalized spacial score (nSPS) is 9.21. The number of hydrogen-bond donors (Lipinski definition) is 4. The maximum absolute atomic E-state index is 10.9. The van der Waals surface area contributed by atoms with Gasteiger partial charge in [0.1, 0.15) is 0 Å². The zero-order chi connectivity index (χ0) is 10.6. The molecule has 5 N–H and O–H groups in total. The Balaban J connectivity index is 2.64. The van der Waals surface area contributed by atoms with Crippen LogP contribution in [0.15, 0.2) is 24.3 Å². The average molecular weight is 192 g/mol. The zero-order valence-corrected chi connectivity index (χ0v) is 7.79. The predicted molar refractivity (Wildman–Crippen MR) is 55.1 cm³/mol. The van der Waals surface area contributed by atoms with Crippen molar-refractivity contribution in [3.8, 4) is 0 Å². The molecule has 0 atom stereocenters. The molecule has 0 saturated carbocycles. The maximum atomic E-state index is 10.9. The van der Waals surface area contributed by atoms with E-state index in [-0.39, 0.29) is 11.7 Å². The number of benzene rings is 1. The molecule has 0 fully saturated rings. The fourth-order valence-electron chi connectivity index (χ4n) is 0.928. The first-order valence-corrected chi connectivity index (χ1v) is 4.06. The molecule has 0 heterocycles. The van der Waals surface area contributed by atoms with Gasteiger partial charge < -0.3 is 5.73 Å². The molecule has 1 aromatic carbocycles. The van der Waals surface area contributed by atoms with Crippen molar-refractivity contribution in [2.75, 3.05) is 5.43 Å². The summed E-state index contributed by atoms with van der Waals surface area (Å²) in [4.78, 5) is 10.9. The van der Waals surface area contributed by atoms with Crippen molar-refractivity contribution in [3.63, 3.8) is 0 Å². The van der Waals surface area contributed by atoms with Crippen molar-refractivity contribution in [1.29, 1.82) is 5.41 Å². The van der Waals surface area contributed by atoms with Crippen LogP contribution in [0.5, 0.6) is 0 Å². The first-order chi connectivity index (χ1) is 6.59. The van der Waals surface area contributed by atoms with Crippen LogP contribution in [0.3, 0.4) is 0 Å². The van der Waals surface area contributed by atoms with Gasteiger partial charge in [0.2, 0.25) is 5.96 Å². The summed E-state index contributed by atoms with van der Waals surface area (Å²) in [6.07, 6.45) is 0. The fraction of sp³-hybridized carbons (Fsp3) is 0.111. The molecule has 0 aromatic heterocycles. The van der Waals surface area contributed by atoms with Gasteiger partial charge in [-0.1, -0.05) is 0 Å². The number of hydrazine groups is 1. The molecule has 5 heteroatoms. The van der Waals surface area contributed by atoms with E-state index in [1.807, 2.05) is 0 Å². The smallest absolute Gasteiger partial charge is 0.204 e. The third-order valence-electron chi connectivity index (χ3n) is 1.63. The van der Waals surface area contributed by atoms with Crippen molar-refractivity contribution < 1.29 is 4.79 Å². The molecule has 0 aliphatic carbocycles. The summed E-state index contributed by atoms with van der Waals surface area (Å²) in [6.45, 7) is 1.51. The van der Waals surface area contributed by atoms with E-state index in [0.29, 0.717) is 5.56 Å². The third kappa shape index (κ3) is 2.78. The minimum atomic E-state index is -0.166. The van der Waals surface area contributed by atoms with Crippen molar-refractivity contribution in [3.05, 3.63) is 29.8 Å². The Labute approximate surface area is 81.8 Å². The number of rotatable bonds is 3. The van der Waals surface area contributed by atoms with Gasteiger partial charge in [0, 0.05) is 5.56 Å². The number of guanidine groups is 1. The van der Waals surface area contributed by atoms with Crippen LogP contribution in [0.25, 0.3) is 0 Å². The Morgan fingerprint density at radius 1 is 1.36 bits per heavy atom. The molecule has 74 valence electrons. The quantitative estimate of drug-likeness (QED) is 0.245. The van der Waals surface area contributed by atoms with Gasteiger partial charge in [-0.05, 0) is 31.2 Å². The van der Waals surface area contributed by atoms with Gasteiger partial charge in [-0.2, -0.15) is 0 Å². The van der Waals surface area contributed by atoms with Gasteiger partial charge in [0.25, 0.3) is 0 Å². The van der Waals surface area contributed by atoms with Gasteiger partial charge in [-0.3, -0.25) is 21.1 Å². The lowest BCUT2D eigenvalue weighted by atomic mass is 10.1. The Bertz CT molecular complexity index is 344. The maximum Gasteiger partial charge on any atom is 0.204 e. The standard InChI is InChI=1S/C9H12N4O/c1-6(14)7-2-4-8(5-3-7)12-13-9(10)11/h2-5,12H,1H3,(H4,10,11,13). The van der Waals surface area contributed by atoms with Crippen LogP contribution in [-0.2, 0) is 0 Å². The number of carbonyl (C=O) groups is 1. The lowest BCUT2D eigenvalue weighted by molar-refractivity contribution is 0.101. The van der Waals surface area contributed by atoms with Crippen LogP contribution in [0.2, 0.25) is 0 Å². The molecule has 5 nitrogen and oxygen atoms in total. The van der Waals surface area contributed by atoms with E-state index >= 15 is 0 Å². The number of nitrogens with one attached hydrogen (secondary N) is 3. The fourth-order valence-corrected chi connectivity index (χ4v) is 0.928. The number of Topliss-reactive ketones (excluding diaryl/α,β-unsaturated/α-hetero) is 1. The highest BCUT2D eigenvalue weighted by Gasteiger charge is 1.97. The van der Waals surface area contributed by atoms with Gasteiger partial charge in [-0.25, -0.2) is 0 Å². The van der Waals surface area contributed by atoms with Crippen LogP contribution >= 0.6 is 0 Å². The van der Waals surface area contributed by atoms with Gasteiger partial charge in [0.15, 0.2) is 5.78 Å². The van der Waals surface area contributed by atoms with E-state index in [0.717, 1.165) is 5.69 Å². The molecular weight excluding hydrogens is 180 g/mol. The highest BCUT2D eigenvalue weighted by molar-refractivity contribution is 5.94. The molecule has 0 unspecified atom stereocenters. The van der Waals surface area contributed by atoms with Crippen LogP contribution in [0.1, 0.15) is 17.3 Å². The van der Waals surface area contributed by atoms with Crippen LogP contribution in [0, 0.1) is 5.41 Å². The van der Waals surface area contributed by atoms with Crippen LogP contribution in [0.4, 0.5) is 5.69 Å². The van der Waals surface area contributed by atoms with E-state index in [9.17, 15) is 4.79 Å². The summed E-state index contributed by atoms with van der Waals surface area (Å²) >= 11 is 0. The molecule has 0 aliphatic heterocycles. The Kier molecular flexibility index (Phi) is 3.06. The summed E-state index contributed by atoms with van der Waals surface area (Å²) in [7, 11) is 0. The second-order valence-corrected chi connectivity index (χ2v) is 2.80. The molecule has 1 rings (SSSR count). The highest BCUT2D eigenvalue weighted by Crippen LogP contribution is 2.08. The lowest BCUT2D eigenvalue weighted by Gasteiger charge is -2.07. The summed E-state index contributed by atoms with van der Waals surface area (Å²) in [5.74, 6) is -0.142. The third-order valence-corrected chi connectivity index (χ3v) is 1.63. The largest absolute Gasteiger partial charge is 0.369 e. The van der Waals surface area contributed by atoms with Gasteiger partial charge in [0.05, 0.1) is 5.69 Å². The monoisotopic (exact) mass is 192 g/mol.